The molecule has 0 aliphatic carbocycles. The number of thiophene rings is 1. The van der Waals surface area contributed by atoms with Crippen LogP contribution in [0.2, 0.25) is 0 Å². The Kier molecular flexibility index (Phi) is 7.30. The van der Waals surface area contributed by atoms with Gasteiger partial charge in [0, 0.05) is 18.9 Å². The fourth-order valence-corrected chi connectivity index (χ4v) is 4.59. The SMILES string of the molecule is CN(CCCCCBr)C(=O)c1cc(Br)sc1Br. The molecule has 0 saturated heterocycles. The summed E-state index contributed by atoms with van der Waals surface area (Å²) in [5.74, 6) is 0.0812. The number of carbonyl (C=O) groups excluding carboxylic acids is 1. The Morgan fingerprint density at radius 1 is 1.35 bits per heavy atom. The Bertz CT molecular complexity index is 381. The van der Waals surface area contributed by atoms with Gasteiger partial charge in [0.15, 0.2) is 0 Å². The van der Waals surface area contributed by atoms with E-state index in [-0.39, 0.29) is 5.91 Å². The summed E-state index contributed by atoms with van der Waals surface area (Å²) in [4.78, 5) is 13.9. The Morgan fingerprint density at radius 3 is 2.59 bits per heavy atom. The maximum atomic E-state index is 12.1. The van der Waals surface area contributed by atoms with E-state index in [9.17, 15) is 4.79 Å². The van der Waals surface area contributed by atoms with E-state index in [0.29, 0.717) is 0 Å². The molecule has 1 aromatic heterocycles. The highest BCUT2D eigenvalue weighted by Gasteiger charge is 2.17. The number of hydrogen-bond acceptors (Lipinski definition) is 2. The van der Waals surface area contributed by atoms with Crippen LogP contribution >= 0.6 is 59.1 Å². The zero-order valence-corrected chi connectivity index (χ0v) is 15.1. The highest BCUT2D eigenvalue weighted by Crippen LogP contribution is 2.32. The summed E-state index contributed by atoms with van der Waals surface area (Å²) >= 11 is 11.7. The average Bonchev–Trinajstić information content (AvgIpc) is 2.62. The quantitative estimate of drug-likeness (QED) is 0.448. The van der Waals surface area contributed by atoms with E-state index in [1.54, 1.807) is 4.90 Å². The predicted octanol–water partition coefficient (Wildman–Crippen LogP) is 4.91. The predicted molar refractivity (Wildman–Crippen MR) is 84.3 cm³/mol. The van der Waals surface area contributed by atoms with E-state index in [1.165, 1.54) is 11.3 Å². The fraction of sp³-hybridized carbons (Fsp3) is 0.545. The van der Waals surface area contributed by atoms with Crippen molar-refractivity contribution >= 4 is 65.0 Å². The van der Waals surface area contributed by atoms with Gasteiger partial charge in [0.05, 0.1) is 13.1 Å². The smallest absolute Gasteiger partial charge is 0.255 e. The maximum Gasteiger partial charge on any atom is 0.255 e. The van der Waals surface area contributed by atoms with Crippen molar-refractivity contribution in [3.8, 4) is 0 Å². The number of rotatable bonds is 6. The van der Waals surface area contributed by atoms with Crippen LogP contribution in [0, 0.1) is 0 Å². The lowest BCUT2D eigenvalue weighted by atomic mass is 10.2. The van der Waals surface area contributed by atoms with Crippen molar-refractivity contribution in [3.05, 3.63) is 19.2 Å². The number of unbranched alkanes of at least 4 members (excludes halogenated alkanes) is 2. The summed E-state index contributed by atoms with van der Waals surface area (Å²) in [6, 6.07) is 1.87. The van der Waals surface area contributed by atoms with Crippen molar-refractivity contribution in [2.75, 3.05) is 18.9 Å². The van der Waals surface area contributed by atoms with Crippen molar-refractivity contribution in [2.45, 2.75) is 19.3 Å². The van der Waals surface area contributed by atoms with Crippen LogP contribution in [0.15, 0.2) is 13.6 Å². The number of halogens is 3. The molecule has 6 heteroatoms. The van der Waals surface area contributed by atoms with Crippen LogP contribution < -0.4 is 0 Å². The average molecular weight is 448 g/mol. The Balaban J connectivity index is 2.49. The number of hydrogen-bond donors (Lipinski definition) is 0. The molecule has 0 spiro atoms. The largest absolute Gasteiger partial charge is 0.342 e. The molecular formula is C11H14Br3NOS. The normalized spacial score (nSPS) is 10.6. The zero-order valence-electron chi connectivity index (χ0n) is 9.51. The molecule has 2 nitrogen and oxygen atoms in total. The minimum absolute atomic E-state index is 0.0812. The van der Waals surface area contributed by atoms with Crippen LogP contribution in [0.1, 0.15) is 29.6 Å². The molecule has 1 amide bonds. The third kappa shape index (κ3) is 5.01. The highest BCUT2D eigenvalue weighted by molar-refractivity contribution is 9.12. The first-order valence-electron chi connectivity index (χ1n) is 5.32. The molecule has 0 saturated carbocycles. The van der Waals surface area contributed by atoms with Gasteiger partial charge in [-0.1, -0.05) is 22.4 Å². The van der Waals surface area contributed by atoms with Gasteiger partial charge in [0.1, 0.15) is 0 Å². The molecule has 0 radical (unpaired) electrons. The van der Waals surface area contributed by atoms with Crippen molar-refractivity contribution < 1.29 is 4.79 Å². The van der Waals surface area contributed by atoms with Gasteiger partial charge in [-0.15, -0.1) is 11.3 Å². The molecule has 0 aliphatic rings. The first-order chi connectivity index (χ1) is 8.06. The van der Waals surface area contributed by atoms with E-state index in [4.69, 9.17) is 0 Å². The standard InChI is InChI=1S/C11H14Br3NOS/c1-15(6-4-2-3-5-12)11(16)8-7-9(13)17-10(8)14/h7H,2-6H2,1H3. The van der Waals surface area contributed by atoms with Gasteiger partial charge in [0.25, 0.3) is 5.91 Å². The molecule has 17 heavy (non-hydrogen) atoms. The van der Waals surface area contributed by atoms with E-state index in [2.05, 4.69) is 47.8 Å². The first-order valence-corrected chi connectivity index (χ1v) is 8.85. The van der Waals surface area contributed by atoms with Gasteiger partial charge in [-0.25, -0.2) is 0 Å². The van der Waals surface area contributed by atoms with E-state index < -0.39 is 0 Å². The molecule has 1 aromatic rings. The monoisotopic (exact) mass is 445 g/mol. The van der Waals surface area contributed by atoms with E-state index in [1.807, 2.05) is 13.1 Å². The summed E-state index contributed by atoms with van der Waals surface area (Å²) in [7, 11) is 1.86. The van der Waals surface area contributed by atoms with Crippen LogP contribution in [0.5, 0.6) is 0 Å². The van der Waals surface area contributed by atoms with Gasteiger partial charge in [-0.05, 0) is 50.8 Å². The Labute approximate surface area is 131 Å². The van der Waals surface area contributed by atoms with Crippen LogP contribution in [0.3, 0.4) is 0 Å². The minimum Gasteiger partial charge on any atom is -0.342 e. The van der Waals surface area contributed by atoms with Crippen molar-refractivity contribution in [2.24, 2.45) is 0 Å². The number of alkyl halides is 1. The number of nitrogens with zero attached hydrogens (tertiary/aromatic N) is 1. The molecule has 0 aliphatic heterocycles. The third-order valence-electron chi connectivity index (χ3n) is 2.36. The zero-order chi connectivity index (χ0) is 12.8. The summed E-state index contributed by atoms with van der Waals surface area (Å²) in [6.07, 6.45) is 3.36. The molecule has 0 aromatic carbocycles. The Hall–Kier alpha value is 0.610. The third-order valence-corrected chi connectivity index (χ3v) is 5.26. The second-order valence-electron chi connectivity index (χ2n) is 3.71. The molecule has 96 valence electrons. The van der Waals surface area contributed by atoms with Crippen LogP contribution in [-0.4, -0.2) is 29.7 Å². The summed E-state index contributed by atoms with van der Waals surface area (Å²) in [6.45, 7) is 0.811. The molecule has 0 bridgehead atoms. The number of amides is 1. The molecule has 0 unspecified atom stereocenters. The molecule has 1 heterocycles. The van der Waals surface area contributed by atoms with Crippen LogP contribution in [-0.2, 0) is 0 Å². The second-order valence-corrected chi connectivity index (χ2v) is 8.26. The number of carbonyl (C=O) groups is 1. The molecule has 0 N–H and O–H groups in total. The van der Waals surface area contributed by atoms with Crippen molar-refractivity contribution in [1.29, 1.82) is 0 Å². The van der Waals surface area contributed by atoms with E-state index in [0.717, 1.165) is 44.3 Å². The lowest BCUT2D eigenvalue weighted by molar-refractivity contribution is 0.0792. The van der Waals surface area contributed by atoms with Gasteiger partial charge in [-0.3, -0.25) is 4.79 Å². The van der Waals surface area contributed by atoms with Gasteiger partial charge < -0.3 is 4.90 Å². The fourth-order valence-electron chi connectivity index (χ4n) is 1.41. The molecular weight excluding hydrogens is 434 g/mol. The van der Waals surface area contributed by atoms with Crippen LogP contribution in [0.4, 0.5) is 0 Å². The van der Waals surface area contributed by atoms with Gasteiger partial charge >= 0.3 is 0 Å². The minimum atomic E-state index is 0.0812. The van der Waals surface area contributed by atoms with Crippen molar-refractivity contribution in [1.82, 2.24) is 4.90 Å². The maximum absolute atomic E-state index is 12.1. The highest BCUT2D eigenvalue weighted by atomic mass is 79.9. The van der Waals surface area contributed by atoms with Crippen LogP contribution in [0.25, 0.3) is 0 Å². The van der Waals surface area contributed by atoms with Gasteiger partial charge in [-0.2, -0.15) is 0 Å². The first kappa shape index (κ1) is 15.7. The molecule has 0 atom stereocenters. The van der Waals surface area contributed by atoms with Crippen molar-refractivity contribution in [3.63, 3.8) is 0 Å². The molecule has 1 rings (SSSR count). The van der Waals surface area contributed by atoms with Gasteiger partial charge in [0.2, 0.25) is 0 Å². The lowest BCUT2D eigenvalue weighted by Gasteiger charge is -2.16. The second kappa shape index (κ2) is 7.92. The topological polar surface area (TPSA) is 20.3 Å². The summed E-state index contributed by atoms with van der Waals surface area (Å²) < 4.78 is 1.86. The summed E-state index contributed by atoms with van der Waals surface area (Å²) in [5, 5.41) is 1.04. The lowest BCUT2D eigenvalue weighted by Crippen LogP contribution is -2.27. The Morgan fingerprint density at radius 2 is 2.06 bits per heavy atom. The molecule has 0 fully saturated rings. The van der Waals surface area contributed by atoms with E-state index >= 15 is 0 Å². The summed E-state index contributed by atoms with van der Waals surface area (Å²) in [5.41, 5.74) is 0.741.